The van der Waals surface area contributed by atoms with E-state index in [-0.39, 0.29) is 5.82 Å². The second kappa shape index (κ2) is 3.68. The molecular formula is C10H10FN3O. The molecule has 0 atom stereocenters. The van der Waals surface area contributed by atoms with Crippen molar-refractivity contribution in [3.63, 3.8) is 0 Å². The molecule has 78 valence electrons. The van der Waals surface area contributed by atoms with Crippen LogP contribution in [0.3, 0.4) is 0 Å². The number of hydrogen-bond donors (Lipinski definition) is 0. The fourth-order valence-corrected chi connectivity index (χ4v) is 1.11. The van der Waals surface area contributed by atoms with E-state index in [1.807, 2.05) is 14.1 Å². The van der Waals surface area contributed by atoms with Crippen LogP contribution in [0.25, 0.3) is 11.4 Å². The molecular weight excluding hydrogens is 197 g/mol. The zero-order valence-electron chi connectivity index (χ0n) is 8.44. The van der Waals surface area contributed by atoms with Gasteiger partial charge in [-0.2, -0.15) is 4.98 Å². The molecule has 1 heterocycles. The van der Waals surface area contributed by atoms with E-state index in [0.717, 1.165) is 5.56 Å². The van der Waals surface area contributed by atoms with E-state index < -0.39 is 0 Å². The third-order valence-corrected chi connectivity index (χ3v) is 1.90. The highest BCUT2D eigenvalue weighted by molar-refractivity contribution is 5.55. The lowest BCUT2D eigenvalue weighted by atomic mass is 10.2. The van der Waals surface area contributed by atoms with Crippen LogP contribution < -0.4 is 4.90 Å². The Hall–Kier alpha value is -1.91. The van der Waals surface area contributed by atoms with E-state index in [1.165, 1.54) is 12.1 Å². The lowest BCUT2D eigenvalue weighted by Gasteiger charge is -2.01. The van der Waals surface area contributed by atoms with Crippen LogP contribution in [-0.2, 0) is 0 Å². The van der Waals surface area contributed by atoms with Crippen molar-refractivity contribution < 1.29 is 8.91 Å². The normalized spacial score (nSPS) is 10.3. The molecule has 0 fully saturated rings. The molecule has 4 nitrogen and oxygen atoms in total. The average Bonchev–Trinajstić information content (AvgIpc) is 2.68. The van der Waals surface area contributed by atoms with Crippen LogP contribution in [0, 0.1) is 5.82 Å². The topological polar surface area (TPSA) is 42.2 Å². The maximum absolute atomic E-state index is 12.7. The van der Waals surface area contributed by atoms with Crippen molar-refractivity contribution >= 4 is 6.01 Å². The highest BCUT2D eigenvalue weighted by Gasteiger charge is 2.09. The van der Waals surface area contributed by atoms with Gasteiger partial charge in [0.1, 0.15) is 5.82 Å². The van der Waals surface area contributed by atoms with E-state index in [9.17, 15) is 4.39 Å². The minimum Gasteiger partial charge on any atom is -0.331 e. The number of nitrogens with zero attached hydrogens (tertiary/aromatic N) is 3. The number of halogens is 1. The lowest BCUT2D eigenvalue weighted by Crippen LogP contribution is -2.08. The summed E-state index contributed by atoms with van der Waals surface area (Å²) in [5, 5.41) is 3.79. The van der Waals surface area contributed by atoms with E-state index in [2.05, 4.69) is 10.1 Å². The highest BCUT2D eigenvalue weighted by atomic mass is 19.1. The van der Waals surface area contributed by atoms with Gasteiger partial charge in [0, 0.05) is 19.7 Å². The summed E-state index contributed by atoms with van der Waals surface area (Å²) in [6.07, 6.45) is 0. The molecule has 0 aliphatic heterocycles. The molecule has 5 heteroatoms. The van der Waals surface area contributed by atoms with Crippen LogP contribution in [0.1, 0.15) is 0 Å². The number of benzene rings is 1. The zero-order valence-corrected chi connectivity index (χ0v) is 8.44. The first kappa shape index (κ1) is 9.64. The molecule has 0 saturated carbocycles. The first-order valence-electron chi connectivity index (χ1n) is 4.44. The van der Waals surface area contributed by atoms with E-state index in [0.29, 0.717) is 11.8 Å². The van der Waals surface area contributed by atoms with E-state index in [4.69, 9.17) is 4.52 Å². The zero-order chi connectivity index (χ0) is 10.8. The number of rotatable bonds is 2. The van der Waals surface area contributed by atoms with E-state index in [1.54, 1.807) is 17.0 Å². The van der Waals surface area contributed by atoms with Gasteiger partial charge in [-0.1, -0.05) is 5.16 Å². The lowest BCUT2D eigenvalue weighted by molar-refractivity contribution is 0.423. The predicted octanol–water partition coefficient (Wildman–Crippen LogP) is 1.94. The van der Waals surface area contributed by atoms with Gasteiger partial charge < -0.3 is 9.42 Å². The number of hydrogen-bond acceptors (Lipinski definition) is 4. The van der Waals surface area contributed by atoms with Crippen molar-refractivity contribution in [3.05, 3.63) is 30.1 Å². The summed E-state index contributed by atoms with van der Waals surface area (Å²) in [7, 11) is 3.61. The van der Waals surface area contributed by atoms with Crippen LogP contribution >= 0.6 is 0 Å². The molecule has 1 aromatic carbocycles. The summed E-state index contributed by atoms with van der Waals surface area (Å²) in [5.41, 5.74) is 0.730. The number of aromatic nitrogens is 2. The van der Waals surface area contributed by atoms with Gasteiger partial charge in [-0.25, -0.2) is 4.39 Å². The molecule has 15 heavy (non-hydrogen) atoms. The molecule has 2 aromatic rings. The van der Waals surface area contributed by atoms with Crippen molar-refractivity contribution in [2.45, 2.75) is 0 Å². The van der Waals surface area contributed by atoms with Gasteiger partial charge in [-0.05, 0) is 24.3 Å². The largest absolute Gasteiger partial charge is 0.331 e. The van der Waals surface area contributed by atoms with Gasteiger partial charge in [0.25, 0.3) is 0 Å². The van der Waals surface area contributed by atoms with Crippen LogP contribution in [0.15, 0.2) is 28.8 Å². The van der Waals surface area contributed by atoms with Crippen LogP contribution in [0.2, 0.25) is 0 Å². The van der Waals surface area contributed by atoms with Crippen molar-refractivity contribution in [1.82, 2.24) is 10.1 Å². The Bertz CT molecular complexity index is 450. The minimum absolute atomic E-state index is 0.282. The molecule has 0 saturated heterocycles. The third kappa shape index (κ3) is 1.96. The van der Waals surface area contributed by atoms with Gasteiger partial charge >= 0.3 is 6.01 Å². The SMILES string of the molecule is CN(C)c1nc(-c2ccc(F)cc2)no1. The van der Waals surface area contributed by atoms with Gasteiger partial charge in [0.2, 0.25) is 5.82 Å². The van der Waals surface area contributed by atoms with Crippen LogP contribution in [-0.4, -0.2) is 24.2 Å². The summed E-state index contributed by atoms with van der Waals surface area (Å²) in [4.78, 5) is 5.84. The van der Waals surface area contributed by atoms with Crippen molar-refractivity contribution in [1.29, 1.82) is 0 Å². The molecule has 0 amide bonds. The Morgan fingerprint density at radius 1 is 1.20 bits per heavy atom. The Morgan fingerprint density at radius 3 is 2.40 bits per heavy atom. The van der Waals surface area contributed by atoms with E-state index >= 15 is 0 Å². The first-order chi connectivity index (χ1) is 7.16. The quantitative estimate of drug-likeness (QED) is 0.754. The standard InChI is InChI=1S/C10H10FN3O/c1-14(2)10-12-9(13-15-10)7-3-5-8(11)6-4-7/h3-6H,1-2H3. The summed E-state index contributed by atoms with van der Waals surface area (Å²) in [6.45, 7) is 0. The molecule has 1 aromatic heterocycles. The summed E-state index contributed by atoms with van der Waals surface area (Å²) < 4.78 is 17.6. The van der Waals surface area contributed by atoms with Crippen LogP contribution in [0.4, 0.5) is 10.4 Å². The molecule has 0 bridgehead atoms. The van der Waals surface area contributed by atoms with Gasteiger partial charge in [0.05, 0.1) is 0 Å². The predicted molar refractivity (Wildman–Crippen MR) is 54.0 cm³/mol. The third-order valence-electron chi connectivity index (χ3n) is 1.90. The Balaban J connectivity index is 2.33. The van der Waals surface area contributed by atoms with Crippen molar-refractivity contribution in [2.24, 2.45) is 0 Å². The molecule has 0 aliphatic carbocycles. The van der Waals surface area contributed by atoms with Gasteiger partial charge in [0.15, 0.2) is 0 Å². The van der Waals surface area contributed by atoms with Gasteiger partial charge in [-0.3, -0.25) is 0 Å². The number of anilines is 1. The van der Waals surface area contributed by atoms with Crippen molar-refractivity contribution in [2.75, 3.05) is 19.0 Å². The molecule has 0 radical (unpaired) electrons. The molecule has 0 spiro atoms. The fourth-order valence-electron chi connectivity index (χ4n) is 1.11. The maximum Gasteiger partial charge on any atom is 0.323 e. The minimum atomic E-state index is -0.282. The average molecular weight is 207 g/mol. The Morgan fingerprint density at radius 2 is 1.87 bits per heavy atom. The van der Waals surface area contributed by atoms with Crippen molar-refractivity contribution in [3.8, 4) is 11.4 Å². The second-order valence-corrected chi connectivity index (χ2v) is 3.30. The highest BCUT2D eigenvalue weighted by Crippen LogP contribution is 2.18. The second-order valence-electron chi connectivity index (χ2n) is 3.30. The molecule has 2 rings (SSSR count). The van der Waals surface area contributed by atoms with Gasteiger partial charge in [-0.15, -0.1) is 0 Å². The monoisotopic (exact) mass is 207 g/mol. The molecule has 0 aliphatic rings. The fraction of sp³-hybridized carbons (Fsp3) is 0.200. The summed E-state index contributed by atoms with van der Waals surface area (Å²) >= 11 is 0. The maximum atomic E-state index is 12.7. The molecule has 0 N–H and O–H groups in total. The Kier molecular flexibility index (Phi) is 2.37. The molecule has 0 unspecified atom stereocenters. The first-order valence-corrected chi connectivity index (χ1v) is 4.44. The Labute approximate surface area is 86.3 Å². The summed E-state index contributed by atoms with van der Waals surface area (Å²) in [6, 6.07) is 6.37. The summed E-state index contributed by atoms with van der Waals surface area (Å²) in [5.74, 6) is 0.175. The smallest absolute Gasteiger partial charge is 0.323 e. The van der Waals surface area contributed by atoms with Crippen LogP contribution in [0.5, 0.6) is 0 Å².